The van der Waals surface area contributed by atoms with E-state index in [9.17, 15) is 19.2 Å². The Labute approximate surface area is 534 Å². The second-order valence-electron chi connectivity index (χ2n) is 24.0. The van der Waals surface area contributed by atoms with E-state index in [2.05, 4.69) is 89.7 Å². The van der Waals surface area contributed by atoms with E-state index in [-0.39, 0.29) is 23.6 Å². The van der Waals surface area contributed by atoms with E-state index in [0.717, 1.165) is 176 Å². The van der Waals surface area contributed by atoms with Gasteiger partial charge in [0.2, 0.25) is 0 Å². The minimum absolute atomic E-state index is 0.0831. The number of rotatable bonds is 27. The van der Waals surface area contributed by atoms with Gasteiger partial charge in [0.15, 0.2) is 0 Å². The number of hydrogen-bond acceptors (Lipinski definition) is 10. The first-order chi connectivity index (χ1) is 44.8. The molecule has 0 atom stereocenters. The van der Waals surface area contributed by atoms with Crippen LogP contribution >= 0.6 is 0 Å². The van der Waals surface area contributed by atoms with Crippen LogP contribution in [-0.4, -0.2) is 141 Å². The molecule has 0 radical (unpaired) electrons. The van der Waals surface area contributed by atoms with Gasteiger partial charge in [-0.25, -0.2) is 19.9 Å². The Morgan fingerprint density at radius 1 is 0.293 bits per heavy atom. The first-order valence-corrected chi connectivity index (χ1v) is 31.7. The SMILES string of the molecule is CN(C)CCNC(=O)c1ccc(-c2nc3cc(-c4ccc5[nH]c(-c6ccc(C(=O)NCCCCCCCCCCNC(=O)c7ccc(-c8nc9cc(-c%10ccc%11[nH]c(-c%12ccc(C(=O)NCCN(C)C)cc%12)nc%11c%10)ccc9[nH]8)cc7)cc6)nc5c4)ccc3[nH]2)cc1. The highest BCUT2D eigenvalue weighted by Crippen LogP contribution is 2.32. The molecule has 4 amide bonds. The van der Waals surface area contributed by atoms with Gasteiger partial charge in [-0.3, -0.25) is 19.2 Å². The molecule has 0 spiro atoms. The van der Waals surface area contributed by atoms with E-state index in [4.69, 9.17) is 19.9 Å². The topological polar surface area (TPSA) is 238 Å². The van der Waals surface area contributed by atoms with Crippen LogP contribution < -0.4 is 21.3 Å². The number of nitrogens with zero attached hydrogens (tertiary/aromatic N) is 6. The van der Waals surface area contributed by atoms with Crippen molar-refractivity contribution in [1.29, 1.82) is 0 Å². The molecule has 8 aromatic carbocycles. The zero-order valence-corrected chi connectivity index (χ0v) is 52.4. The number of imidazole rings is 4. The highest BCUT2D eigenvalue weighted by molar-refractivity contribution is 5.98. The third-order valence-electron chi connectivity index (χ3n) is 16.6. The normalized spacial score (nSPS) is 11.6. The summed E-state index contributed by atoms with van der Waals surface area (Å²) in [5.41, 5.74) is 17.1. The van der Waals surface area contributed by atoms with Gasteiger partial charge in [0.05, 0.1) is 44.1 Å². The number of hydrogen-bond donors (Lipinski definition) is 8. The number of aromatic nitrogens is 8. The maximum absolute atomic E-state index is 13.1. The number of nitrogens with one attached hydrogen (secondary N) is 8. The summed E-state index contributed by atoms with van der Waals surface area (Å²) in [6.07, 6.45) is 8.50. The van der Waals surface area contributed by atoms with Crippen LogP contribution in [0.15, 0.2) is 170 Å². The first kappa shape index (κ1) is 61.7. The predicted molar refractivity (Wildman–Crippen MR) is 367 cm³/mol. The molecular formula is C74H76N14O4. The van der Waals surface area contributed by atoms with Gasteiger partial charge in [0, 0.05) is 83.8 Å². The molecule has 4 heterocycles. The molecule has 18 heteroatoms. The minimum atomic E-state index is -0.0954. The van der Waals surface area contributed by atoms with Crippen molar-refractivity contribution in [2.45, 2.75) is 51.4 Å². The van der Waals surface area contributed by atoms with Gasteiger partial charge in [0.1, 0.15) is 23.3 Å². The Hall–Kier alpha value is -10.6. The van der Waals surface area contributed by atoms with Gasteiger partial charge in [0.25, 0.3) is 23.6 Å². The number of fused-ring (bicyclic) bond motifs is 4. The molecule has 0 fully saturated rings. The molecule has 92 heavy (non-hydrogen) atoms. The van der Waals surface area contributed by atoms with Crippen molar-refractivity contribution in [3.05, 3.63) is 192 Å². The van der Waals surface area contributed by atoms with Crippen molar-refractivity contribution in [1.82, 2.24) is 70.9 Å². The van der Waals surface area contributed by atoms with Crippen molar-refractivity contribution in [2.24, 2.45) is 0 Å². The molecule has 12 rings (SSSR count). The van der Waals surface area contributed by atoms with Crippen LogP contribution in [0.3, 0.4) is 0 Å². The van der Waals surface area contributed by atoms with Crippen molar-refractivity contribution in [3.63, 3.8) is 0 Å². The Bertz CT molecular complexity index is 4270. The molecular weight excluding hydrogens is 1150 g/mol. The molecule has 0 bridgehead atoms. The average molecular weight is 1230 g/mol. The highest BCUT2D eigenvalue weighted by atomic mass is 16.2. The lowest BCUT2D eigenvalue weighted by molar-refractivity contribution is 0.0942. The molecule has 0 saturated heterocycles. The maximum atomic E-state index is 13.1. The molecule has 4 aromatic heterocycles. The molecule has 18 nitrogen and oxygen atoms in total. The summed E-state index contributed by atoms with van der Waals surface area (Å²) in [5.74, 6) is 2.57. The van der Waals surface area contributed by atoms with Crippen LogP contribution in [0, 0.1) is 0 Å². The quantitative estimate of drug-likeness (QED) is 0.0227. The van der Waals surface area contributed by atoms with E-state index in [1.807, 2.05) is 159 Å². The number of H-pyrrole nitrogens is 4. The first-order valence-electron chi connectivity index (χ1n) is 31.7. The Morgan fingerprint density at radius 3 is 0.750 bits per heavy atom. The van der Waals surface area contributed by atoms with Gasteiger partial charge < -0.3 is 51.0 Å². The lowest BCUT2D eigenvalue weighted by Crippen LogP contribution is -2.31. The maximum Gasteiger partial charge on any atom is 0.251 e. The summed E-state index contributed by atoms with van der Waals surface area (Å²) in [6, 6.07) is 54.8. The zero-order chi connectivity index (χ0) is 63.5. The summed E-state index contributed by atoms with van der Waals surface area (Å²) in [5, 5.41) is 12.1. The fourth-order valence-corrected chi connectivity index (χ4v) is 11.3. The number of likely N-dealkylation sites (N-methyl/N-ethyl adjacent to an activating group) is 2. The van der Waals surface area contributed by atoms with Gasteiger partial charge in [-0.1, -0.05) is 111 Å². The monoisotopic (exact) mass is 1220 g/mol. The summed E-state index contributed by atoms with van der Waals surface area (Å²) >= 11 is 0. The van der Waals surface area contributed by atoms with Crippen molar-refractivity contribution in [2.75, 3.05) is 67.5 Å². The molecule has 8 N–H and O–H groups in total. The molecule has 466 valence electrons. The van der Waals surface area contributed by atoms with Crippen LogP contribution in [0.1, 0.15) is 92.8 Å². The summed E-state index contributed by atoms with van der Waals surface area (Å²) in [7, 11) is 7.91. The minimum Gasteiger partial charge on any atom is -0.352 e. The smallest absolute Gasteiger partial charge is 0.251 e. The van der Waals surface area contributed by atoms with E-state index >= 15 is 0 Å². The van der Waals surface area contributed by atoms with Crippen LogP contribution in [0.2, 0.25) is 0 Å². The fourth-order valence-electron chi connectivity index (χ4n) is 11.3. The van der Waals surface area contributed by atoms with E-state index < -0.39 is 0 Å². The van der Waals surface area contributed by atoms with Crippen molar-refractivity contribution >= 4 is 67.8 Å². The van der Waals surface area contributed by atoms with E-state index in [1.54, 1.807) is 0 Å². The average Bonchev–Trinajstić information content (AvgIpc) is 1.77. The molecule has 0 aliphatic rings. The Kier molecular flexibility index (Phi) is 19.1. The lowest BCUT2D eigenvalue weighted by Gasteiger charge is -2.10. The molecule has 0 aliphatic carbocycles. The summed E-state index contributed by atoms with van der Waals surface area (Å²) in [4.78, 5) is 88.7. The number of carbonyl (C=O) groups is 4. The fraction of sp³-hybridized carbons (Fsp3) is 0.243. The van der Waals surface area contributed by atoms with Gasteiger partial charge in [-0.2, -0.15) is 0 Å². The van der Waals surface area contributed by atoms with Gasteiger partial charge >= 0.3 is 0 Å². The van der Waals surface area contributed by atoms with E-state index in [1.165, 1.54) is 0 Å². The molecule has 12 aromatic rings. The standard InChI is InChI=1S/C74H76N14O4/c1-87(2)41-39-77-73(91)53-25-17-49(18-26-53)69-81-61-35-31-57(45-65(61)85-69)55-29-33-59-63(43-55)83-67(79-59)47-13-21-51(22-14-47)71(89)75-37-11-9-7-5-6-8-10-12-38-76-72(90)52-23-15-48(16-24-52)68-80-60-34-30-56(44-64(60)84-68)58-32-36-62-66(46-58)86-70(82-62)50-19-27-54(28-20-50)74(92)78-40-42-88(3)4/h13-36,43-46H,5-12,37-42H2,1-4H3,(H,75,89)(H,76,90)(H,77,91)(H,78,92)(H,79,83)(H,80,84)(H,81,85)(H,82,86). The van der Waals surface area contributed by atoms with E-state index in [0.29, 0.717) is 48.4 Å². The van der Waals surface area contributed by atoms with Crippen LogP contribution in [-0.2, 0) is 0 Å². The number of benzene rings is 8. The second-order valence-corrected chi connectivity index (χ2v) is 24.0. The number of amides is 4. The zero-order valence-electron chi connectivity index (χ0n) is 52.4. The number of unbranched alkanes of at least 4 members (excludes halogenated alkanes) is 7. The van der Waals surface area contributed by atoms with Crippen LogP contribution in [0.5, 0.6) is 0 Å². The number of aromatic amines is 4. The third-order valence-corrected chi connectivity index (χ3v) is 16.6. The molecule has 0 saturated carbocycles. The van der Waals surface area contributed by atoms with Crippen LogP contribution in [0.25, 0.3) is 112 Å². The number of carbonyl (C=O) groups excluding carboxylic acids is 4. The molecule has 0 unspecified atom stereocenters. The van der Waals surface area contributed by atoms with Crippen molar-refractivity contribution in [3.8, 4) is 67.8 Å². The summed E-state index contributed by atoms with van der Waals surface area (Å²) in [6.45, 7) is 3.98. The van der Waals surface area contributed by atoms with Crippen LogP contribution in [0.4, 0.5) is 0 Å². The van der Waals surface area contributed by atoms with Gasteiger partial charge in [-0.15, -0.1) is 0 Å². The Balaban J connectivity index is 0.526. The second kappa shape index (κ2) is 28.5. The third kappa shape index (κ3) is 15.0. The largest absolute Gasteiger partial charge is 0.352 e. The van der Waals surface area contributed by atoms with Crippen molar-refractivity contribution < 1.29 is 19.2 Å². The van der Waals surface area contributed by atoms with Gasteiger partial charge in [-0.05, 0) is 160 Å². The summed E-state index contributed by atoms with van der Waals surface area (Å²) < 4.78 is 0. The molecule has 0 aliphatic heterocycles. The Morgan fingerprint density at radius 2 is 0.511 bits per heavy atom. The lowest BCUT2D eigenvalue weighted by atomic mass is 10.0. The highest BCUT2D eigenvalue weighted by Gasteiger charge is 2.16. The predicted octanol–water partition coefficient (Wildman–Crippen LogP) is 13.1.